The quantitative estimate of drug-likeness (QED) is 0.319. The summed E-state index contributed by atoms with van der Waals surface area (Å²) in [6.45, 7) is 2.94. The Morgan fingerprint density at radius 1 is 0.872 bits per heavy atom. The molecule has 0 radical (unpaired) electrons. The number of benzene rings is 3. The first-order chi connectivity index (χ1) is 19.2. The predicted octanol–water partition coefficient (Wildman–Crippen LogP) is 6.20. The Bertz CT molecular complexity index is 1620. The molecule has 192 valence electrons. The summed E-state index contributed by atoms with van der Waals surface area (Å²) in [6, 6.07) is 26.8. The number of nitrogens with zero attached hydrogens (tertiary/aromatic N) is 4. The highest BCUT2D eigenvalue weighted by atomic mass is 16.3. The third kappa shape index (κ3) is 4.68. The van der Waals surface area contributed by atoms with E-state index < -0.39 is 5.92 Å². The third-order valence-electron chi connectivity index (χ3n) is 7.83. The van der Waals surface area contributed by atoms with Crippen LogP contribution in [-0.4, -0.2) is 40.8 Å². The molecule has 1 atom stereocenters. The first-order valence-electron chi connectivity index (χ1n) is 13.5. The molecule has 4 aromatic rings. The van der Waals surface area contributed by atoms with Crippen LogP contribution in [0.1, 0.15) is 41.3 Å². The number of oxazole rings is 1. The zero-order chi connectivity index (χ0) is 26.2. The Morgan fingerprint density at radius 2 is 1.64 bits per heavy atom. The van der Waals surface area contributed by atoms with Crippen molar-refractivity contribution >= 4 is 34.5 Å². The average molecular weight is 513 g/mol. The van der Waals surface area contributed by atoms with Crippen LogP contribution in [0.4, 0.5) is 0 Å². The largest absolute Gasteiger partial charge is 0.440 e. The molecule has 1 aromatic heterocycles. The van der Waals surface area contributed by atoms with Crippen LogP contribution in [0.3, 0.4) is 0 Å². The van der Waals surface area contributed by atoms with Gasteiger partial charge in [0.05, 0.1) is 11.4 Å². The fraction of sp³-hybridized carbons (Fsp3) is 0.212. The maximum atomic E-state index is 12.5. The van der Waals surface area contributed by atoms with Crippen LogP contribution in [-0.2, 0) is 11.3 Å². The number of dihydropyridines is 2. The number of para-hydroxylation sites is 2. The van der Waals surface area contributed by atoms with E-state index in [4.69, 9.17) is 14.4 Å². The number of carbonyl (C=O) groups excluding carboxylic acids is 1. The van der Waals surface area contributed by atoms with Crippen LogP contribution in [0.15, 0.2) is 111 Å². The Labute approximate surface area is 227 Å². The molecular formula is C33H28N4O2. The predicted molar refractivity (Wildman–Crippen MR) is 154 cm³/mol. The number of carbonyl (C=O) groups is 1. The van der Waals surface area contributed by atoms with Gasteiger partial charge < -0.3 is 4.42 Å². The van der Waals surface area contributed by atoms with Gasteiger partial charge in [-0.25, -0.2) is 9.98 Å². The fourth-order valence-corrected chi connectivity index (χ4v) is 5.70. The summed E-state index contributed by atoms with van der Waals surface area (Å²) in [5.41, 5.74) is 7.78. The molecule has 0 aliphatic carbocycles. The van der Waals surface area contributed by atoms with Gasteiger partial charge in [-0.2, -0.15) is 0 Å². The number of piperidine rings is 1. The van der Waals surface area contributed by atoms with Gasteiger partial charge in [-0.1, -0.05) is 72.8 Å². The number of fused-ring (bicyclic) bond motifs is 2. The Balaban J connectivity index is 1.06. The van der Waals surface area contributed by atoms with Crippen LogP contribution in [0, 0.1) is 5.92 Å². The van der Waals surface area contributed by atoms with Crippen molar-refractivity contribution in [3.05, 3.63) is 119 Å². The number of hydrogen-bond acceptors (Lipinski definition) is 5. The van der Waals surface area contributed by atoms with E-state index in [0.29, 0.717) is 5.92 Å². The lowest BCUT2D eigenvalue weighted by atomic mass is 9.87. The van der Waals surface area contributed by atoms with Crippen molar-refractivity contribution in [2.45, 2.75) is 25.3 Å². The van der Waals surface area contributed by atoms with Crippen LogP contribution in [0.5, 0.6) is 0 Å². The van der Waals surface area contributed by atoms with Gasteiger partial charge in [-0.3, -0.25) is 14.7 Å². The molecule has 3 aromatic carbocycles. The molecule has 3 aliphatic heterocycles. The molecule has 0 saturated carbocycles. The summed E-state index contributed by atoms with van der Waals surface area (Å²) in [5.74, 6) is 0.655. The monoisotopic (exact) mass is 512 g/mol. The van der Waals surface area contributed by atoms with E-state index in [1.807, 2.05) is 54.6 Å². The van der Waals surface area contributed by atoms with E-state index >= 15 is 0 Å². The second-order valence-electron chi connectivity index (χ2n) is 10.4. The topological polar surface area (TPSA) is 71.1 Å². The van der Waals surface area contributed by atoms with Crippen molar-refractivity contribution in [1.82, 2.24) is 9.88 Å². The standard InChI is InChI=1S/C33H28N4O2/c38-32-27-20-26(23-6-2-1-3-7-23)31(35-28(27)14-17-34-32)24-12-10-22(11-13-24)21-37-18-15-25(16-19-37)33-36-29-8-4-5-9-30(29)39-33/h1-14,17,20,25,27H,15-16,18-19,21H2. The molecule has 1 amide bonds. The lowest BCUT2D eigenvalue weighted by molar-refractivity contribution is -0.119. The number of aliphatic imine (C=N–C) groups is 2. The lowest BCUT2D eigenvalue weighted by Crippen LogP contribution is -2.32. The van der Waals surface area contributed by atoms with Crippen LogP contribution >= 0.6 is 0 Å². The smallest absolute Gasteiger partial charge is 0.258 e. The van der Waals surface area contributed by atoms with Gasteiger partial charge in [0.2, 0.25) is 0 Å². The van der Waals surface area contributed by atoms with E-state index in [1.54, 1.807) is 6.21 Å². The highest BCUT2D eigenvalue weighted by Gasteiger charge is 2.30. The number of aromatic nitrogens is 1. The molecule has 1 unspecified atom stereocenters. The Morgan fingerprint density at radius 3 is 2.44 bits per heavy atom. The lowest BCUT2D eigenvalue weighted by Gasteiger charge is -2.30. The normalized spacial score (nSPS) is 19.9. The minimum absolute atomic E-state index is 0.168. The highest BCUT2D eigenvalue weighted by Crippen LogP contribution is 2.34. The molecule has 6 nitrogen and oxygen atoms in total. The summed E-state index contributed by atoms with van der Waals surface area (Å²) in [6.07, 6.45) is 7.49. The molecule has 7 rings (SSSR count). The molecule has 0 bridgehead atoms. The molecule has 39 heavy (non-hydrogen) atoms. The van der Waals surface area contributed by atoms with Crippen LogP contribution in [0.2, 0.25) is 0 Å². The Kier molecular flexibility index (Phi) is 6.10. The minimum Gasteiger partial charge on any atom is -0.440 e. The summed E-state index contributed by atoms with van der Waals surface area (Å²) in [4.78, 5) is 28.6. The summed E-state index contributed by atoms with van der Waals surface area (Å²) in [7, 11) is 0. The van der Waals surface area contributed by atoms with Gasteiger partial charge in [0.25, 0.3) is 5.91 Å². The molecule has 3 aliphatic rings. The van der Waals surface area contributed by atoms with Gasteiger partial charge in [-0.05, 0) is 55.3 Å². The van der Waals surface area contributed by atoms with E-state index in [2.05, 4.69) is 46.3 Å². The summed E-state index contributed by atoms with van der Waals surface area (Å²) >= 11 is 0. The van der Waals surface area contributed by atoms with Gasteiger partial charge >= 0.3 is 0 Å². The van der Waals surface area contributed by atoms with Crippen LogP contribution < -0.4 is 0 Å². The molecule has 0 N–H and O–H groups in total. The summed E-state index contributed by atoms with van der Waals surface area (Å²) in [5, 5.41) is 0. The van der Waals surface area contributed by atoms with Crippen molar-refractivity contribution in [3.63, 3.8) is 0 Å². The second kappa shape index (κ2) is 10.0. The molecule has 1 saturated heterocycles. The van der Waals surface area contributed by atoms with Crippen molar-refractivity contribution in [2.24, 2.45) is 15.9 Å². The van der Waals surface area contributed by atoms with E-state index in [9.17, 15) is 4.79 Å². The molecule has 0 spiro atoms. The summed E-state index contributed by atoms with van der Waals surface area (Å²) < 4.78 is 6.04. The molecule has 4 heterocycles. The maximum absolute atomic E-state index is 12.5. The van der Waals surface area contributed by atoms with Gasteiger partial charge in [0.15, 0.2) is 11.5 Å². The van der Waals surface area contributed by atoms with Gasteiger partial charge in [0, 0.05) is 29.8 Å². The van der Waals surface area contributed by atoms with E-state index in [-0.39, 0.29) is 5.91 Å². The maximum Gasteiger partial charge on any atom is 0.258 e. The average Bonchev–Trinajstić information content (AvgIpc) is 3.43. The second-order valence-corrected chi connectivity index (χ2v) is 10.4. The van der Waals surface area contributed by atoms with Crippen molar-refractivity contribution < 1.29 is 9.21 Å². The van der Waals surface area contributed by atoms with Gasteiger partial charge in [0.1, 0.15) is 11.4 Å². The number of amides is 1. The van der Waals surface area contributed by atoms with Gasteiger partial charge in [-0.15, -0.1) is 0 Å². The van der Waals surface area contributed by atoms with E-state index in [0.717, 1.165) is 77.6 Å². The van der Waals surface area contributed by atoms with Crippen LogP contribution in [0.25, 0.3) is 16.7 Å². The zero-order valence-electron chi connectivity index (χ0n) is 21.5. The first-order valence-corrected chi connectivity index (χ1v) is 13.5. The van der Waals surface area contributed by atoms with E-state index in [1.165, 1.54) is 5.56 Å². The molecule has 1 fully saturated rings. The van der Waals surface area contributed by atoms with Crippen molar-refractivity contribution in [1.29, 1.82) is 0 Å². The third-order valence-corrected chi connectivity index (χ3v) is 7.83. The highest BCUT2D eigenvalue weighted by molar-refractivity contribution is 6.33. The number of hydrogen-bond donors (Lipinski definition) is 0. The Hall–Kier alpha value is -4.42. The molecule has 6 heteroatoms. The number of rotatable bonds is 5. The number of likely N-dealkylation sites (tertiary alicyclic amines) is 1. The molecular weight excluding hydrogens is 484 g/mol. The fourth-order valence-electron chi connectivity index (χ4n) is 5.70. The van der Waals surface area contributed by atoms with Crippen molar-refractivity contribution in [2.75, 3.05) is 13.1 Å². The number of allylic oxidation sites excluding steroid dienone is 2. The minimum atomic E-state index is -0.425. The SMILES string of the molecule is O=C1N=CC=C2N=C(c3ccc(CN4CCC(c5nc6ccccc6o5)CC4)cc3)C(c3ccccc3)=CC12. The first kappa shape index (κ1) is 23.7. The zero-order valence-corrected chi connectivity index (χ0v) is 21.5. The van der Waals surface area contributed by atoms with Crippen molar-refractivity contribution in [3.8, 4) is 0 Å².